The van der Waals surface area contributed by atoms with Crippen LogP contribution in [0.1, 0.15) is 24.8 Å². The standard InChI is InChI=1S/C15H21ClN2O2/c1-10-2-4-12(16)7-14(10)18-15(20)9-17-8-11-3-5-13(19)6-11/h2,4,7,11,13,17,19H,3,5-6,8-9H2,1H3,(H,18,20). The van der Waals surface area contributed by atoms with E-state index in [1.54, 1.807) is 12.1 Å². The molecule has 0 spiro atoms. The number of aliphatic hydroxyl groups excluding tert-OH is 1. The van der Waals surface area contributed by atoms with Gasteiger partial charge < -0.3 is 15.7 Å². The lowest BCUT2D eigenvalue weighted by Gasteiger charge is -2.12. The highest BCUT2D eigenvalue weighted by atomic mass is 35.5. The molecule has 1 fully saturated rings. The summed E-state index contributed by atoms with van der Waals surface area (Å²) in [4.78, 5) is 11.8. The van der Waals surface area contributed by atoms with Gasteiger partial charge in [0.2, 0.25) is 5.91 Å². The molecule has 1 saturated carbocycles. The minimum Gasteiger partial charge on any atom is -0.393 e. The van der Waals surface area contributed by atoms with Crippen LogP contribution in [0.4, 0.5) is 5.69 Å². The number of carbonyl (C=O) groups excluding carboxylic acids is 1. The Morgan fingerprint density at radius 3 is 2.95 bits per heavy atom. The molecule has 20 heavy (non-hydrogen) atoms. The lowest BCUT2D eigenvalue weighted by atomic mass is 10.1. The molecular weight excluding hydrogens is 276 g/mol. The monoisotopic (exact) mass is 296 g/mol. The summed E-state index contributed by atoms with van der Waals surface area (Å²) in [6.45, 7) is 2.98. The van der Waals surface area contributed by atoms with Gasteiger partial charge in [-0.2, -0.15) is 0 Å². The van der Waals surface area contributed by atoms with Crippen molar-refractivity contribution in [3.05, 3.63) is 28.8 Å². The van der Waals surface area contributed by atoms with E-state index < -0.39 is 0 Å². The number of aryl methyl sites for hydroxylation is 1. The highest BCUT2D eigenvalue weighted by Gasteiger charge is 2.22. The normalized spacial score (nSPS) is 21.9. The van der Waals surface area contributed by atoms with Gasteiger partial charge in [0, 0.05) is 10.7 Å². The van der Waals surface area contributed by atoms with Crippen molar-refractivity contribution in [1.29, 1.82) is 0 Å². The van der Waals surface area contributed by atoms with Gasteiger partial charge in [-0.05, 0) is 56.3 Å². The maximum atomic E-state index is 11.8. The van der Waals surface area contributed by atoms with Crippen molar-refractivity contribution in [3.63, 3.8) is 0 Å². The number of nitrogens with one attached hydrogen (secondary N) is 2. The molecule has 1 amide bonds. The molecule has 3 N–H and O–H groups in total. The molecular formula is C15H21ClN2O2. The van der Waals surface area contributed by atoms with Gasteiger partial charge in [0.15, 0.2) is 0 Å². The molecule has 0 aromatic heterocycles. The predicted octanol–water partition coefficient (Wildman–Crippen LogP) is 2.34. The summed E-state index contributed by atoms with van der Waals surface area (Å²) in [7, 11) is 0. The van der Waals surface area contributed by atoms with Gasteiger partial charge in [0.1, 0.15) is 0 Å². The summed E-state index contributed by atoms with van der Waals surface area (Å²) in [5, 5.41) is 16.0. The number of carbonyl (C=O) groups is 1. The third-order valence-electron chi connectivity index (χ3n) is 3.71. The van der Waals surface area contributed by atoms with E-state index in [2.05, 4.69) is 10.6 Å². The van der Waals surface area contributed by atoms with Gasteiger partial charge in [0.25, 0.3) is 0 Å². The first-order chi connectivity index (χ1) is 9.54. The number of aliphatic hydroxyl groups is 1. The highest BCUT2D eigenvalue weighted by Crippen LogP contribution is 2.24. The van der Waals surface area contributed by atoms with Crippen molar-refractivity contribution in [2.75, 3.05) is 18.4 Å². The fourth-order valence-corrected chi connectivity index (χ4v) is 2.72. The van der Waals surface area contributed by atoms with Gasteiger partial charge in [-0.3, -0.25) is 4.79 Å². The smallest absolute Gasteiger partial charge is 0.238 e. The third-order valence-corrected chi connectivity index (χ3v) is 3.94. The fourth-order valence-electron chi connectivity index (χ4n) is 2.55. The van der Waals surface area contributed by atoms with Gasteiger partial charge in [-0.25, -0.2) is 0 Å². The van der Waals surface area contributed by atoms with Crippen LogP contribution in [0.2, 0.25) is 5.02 Å². The zero-order chi connectivity index (χ0) is 14.5. The molecule has 5 heteroatoms. The summed E-state index contributed by atoms with van der Waals surface area (Å²) in [6.07, 6.45) is 2.58. The van der Waals surface area contributed by atoms with Crippen molar-refractivity contribution in [2.24, 2.45) is 5.92 Å². The van der Waals surface area contributed by atoms with E-state index in [0.29, 0.717) is 10.9 Å². The van der Waals surface area contributed by atoms with Crippen molar-refractivity contribution in [3.8, 4) is 0 Å². The average Bonchev–Trinajstić information content (AvgIpc) is 2.80. The van der Waals surface area contributed by atoms with Crippen LogP contribution < -0.4 is 10.6 Å². The average molecular weight is 297 g/mol. The molecule has 2 rings (SSSR count). The Morgan fingerprint density at radius 1 is 1.45 bits per heavy atom. The fraction of sp³-hybridized carbons (Fsp3) is 0.533. The highest BCUT2D eigenvalue weighted by molar-refractivity contribution is 6.31. The maximum absolute atomic E-state index is 11.8. The molecule has 0 aliphatic heterocycles. The second kappa shape index (κ2) is 7.07. The van der Waals surface area contributed by atoms with E-state index in [0.717, 1.165) is 37.1 Å². The van der Waals surface area contributed by atoms with Crippen LogP contribution in [0, 0.1) is 12.8 Å². The first-order valence-electron chi connectivity index (χ1n) is 6.99. The van der Waals surface area contributed by atoms with Crippen LogP contribution in [-0.2, 0) is 4.79 Å². The van der Waals surface area contributed by atoms with E-state index in [-0.39, 0.29) is 18.6 Å². The number of benzene rings is 1. The summed E-state index contributed by atoms with van der Waals surface area (Å²) in [5.74, 6) is 0.402. The molecule has 4 nitrogen and oxygen atoms in total. The van der Waals surface area contributed by atoms with Crippen LogP contribution >= 0.6 is 11.6 Å². The molecule has 1 aliphatic carbocycles. The molecule has 1 aromatic rings. The maximum Gasteiger partial charge on any atom is 0.238 e. The van der Waals surface area contributed by atoms with Gasteiger partial charge in [-0.1, -0.05) is 17.7 Å². The quantitative estimate of drug-likeness (QED) is 0.781. The largest absolute Gasteiger partial charge is 0.393 e. The topological polar surface area (TPSA) is 61.4 Å². The van der Waals surface area contributed by atoms with Crippen molar-refractivity contribution in [2.45, 2.75) is 32.3 Å². The molecule has 2 unspecified atom stereocenters. The second-order valence-corrected chi connectivity index (χ2v) is 5.91. The minimum absolute atomic E-state index is 0.0751. The summed E-state index contributed by atoms with van der Waals surface area (Å²) in [6, 6.07) is 5.43. The number of hydrogen-bond donors (Lipinski definition) is 3. The Bertz CT molecular complexity index is 479. The first-order valence-corrected chi connectivity index (χ1v) is 7.37. The molecule has 1 aliphatic rings. The molecule has 110 valence electrons. The molecule has 0 radical (unpaired) electrons. The Balaban J connectivity index is 1.74. The van der Waals surface area contributed by atoms with Crippen LogP contribution in [0.15, 0.2) is 18.2 Å². The zero-order valence-electron chi connectivity index (χ0n) is 11.7. The first kappa shape index (κ1) is 15.3. The third kappa shape index (κ3) is 4.47. The number of amides is 1. The molecule has 2 atom stereocenters. The predicted molar refractivity (Wildman–Crippen MR) is 81.0 cm³/mol. The van der Waals surface area contributed by atoms with E-state index >= 15 is 0 Å². The SMILES string of the molecule is Cc1ccc(Cl)cc1NC(=O)CNCC1CCC(O)C1. The Labute approximate surface area is 124 Å². The summed E-state index contributed by atoms with van der Waals surface area (Å²) >= 11 is 5.91. The van der Waals surface area contributed by atoms with E-state index in [1.807, 2.05) is 13.0 Å². The Hall–Kier alpha value is -1.10. The molecule has 0 bridgehead atoms. The van der Waals surface area contributed by atoms with Crippen molar-refractivity contribution >= 4 is 23.2 Å². The minimum atomic E-state index is -0.162. The molecule has 0 saturated heterocycles. The molecule has 0 heterocycles. The number of anilines is 1. The lowest BCUT2D eigenvalue weighted by Crippen LogP contribution is -2.31. The second-order valence-electron chi connectivity index (χ2n) is 5.47. The summed E-state index contributed by atoms with van der Waals surface area (Å²) in [5.41, 5.74) is 1.74. The Kier molecular flexibility index (Phi) is 5.40. The summed E-state index contributed by atoms with van der Waals surface area (Å²) < 4.78 is 0. The number of halogens is 1. The number of rotatable bonds is 5. The van der Waals surface area contributed by atoms with Crippen LogP contribution in [0.5, 0.6) is 0 Å². The van der Waals surface area contributed by atoms with Crippen LogP contribution in [0.25, 0.3) is 0 Å². The van der Waals surface area contributed by atoms with E-state index in [4.69, 9.17) is 11.6 Å². The van der Waals surface area contributed by atoms with Crippen molar-refractivity contribution < 1.29 is 9.90 Å². The Morgan fingerprint density at radius 2 is 2.25 bits per heavy atom. The zero-order valence-corrected chi connectivity index (χ0v) is 12.4. The van der Waals surface area contributed by atoms with Crippen LogP contribution in [-0.4, -0.2) is 30.2 Å². The lowest BCUT2D eigenvalue weighted by molar-refractivity contribution is -0.115. The van der Waals surface area contributed by atoms with E-state index in [1.165, 1.54) is 0 Å². The van der Waals surface area contributed by atoms with Gasteiger partial charge in [0.05, 0.1) is 12.6 Å². The van der Waals surface area contributed by atoms with Crippen molar-refractivity contribution in [1.82, 2.24) is 5.32 Å². The number of hydrogen-bond acceptors (Lipinski definition) is 3. The van der Waals surface area contributed by atoms with E-state index in [9.17, 15) is 9.90 Å². The molecule has 1 aromatic carbocycles. The van der Waals surface area contributed by atoms with Gasteiger partial charge >= 0.3 is 0 Å². The van der Waals surface area contributed by atoms with Gasteiger partial charge in [-0.15, -0.1) is 0 Å². The van der Waals surface area contributed by atoms with Crippen LogP contribution in [0.3, 0.4) is 0 Å².